The zero-order chi connectivity index (χ0) is 19.3. The fourth-order valence-electron chi connectivity index (χ4n) is 3.22. The van der Waals surface area contributed by atoms with Crippen molar-refractivity contribution in [2.75, 3.05) is 17.4 Å². The Kier molecular flexibility index (Phi) is 4.55. The number of hydrogen-bond acceptors (Lipinski definition) is 5. The first kappa shape index (κ1) is 18.8. The van der Waals surface area contributed by atoms with Crippen LogP contribution in [-0.2, 0) is 27.8 Å². The van der Waals surface area contributed by atoms with Crippen molar-refractivity contribution in [1.29, 1.82) is 0 Å². The number of fused-ring (bicyclic) bond motifs is 1. The summed E-state index contributed by atoms with van der Waals surface area (Å²) in [5.41, 5.74) is 0.0278. The van der Waals surface area contributed by atoms with Crippen LogP contribution in [0.5, 0.6) is 5.75 Å². The molecule has 0 radical (unpaired) electrons. The van der Waals surface area contributed by atoms with Crippen LogP contribution in [0.2, 0.25) is 0 Å². The average Bonchev–Trinajstić information content (AvgIpc) is 2.77. The maximum absolute atomic E-state index is 15.0. The number of rotatable bonds is 4. The zero-order valence-electron chi connectivity index (χ0n) is 13.9. The standard InChI is InChI=1S/C15H18F3N3O4S/c1-15(17,18)7-19-9-3-2-8-4-11(22)14(13(16)10(8)5-9)21-6-12(23)20-26(21,24)25/h4,9,19,22H,2-3,5-7H2,1H3,(H,20,23). The average molecular weight is 393 g/mol. The van der Waals surface area contributed by atoms with E-state index in [4.69, 9.17) is 0 Å². The predicted molar refractivity (Wildman–Crippen MR) is 86.9 cm³/mol. The molecule has 144 valence electrons. The van der Waals surface area contributed by atoms with Gasteiger partial charge in [0, 0.05) is 13.0 Å². The summed E-state index contributed by atoms with van der Waals surface area (Å²) in [7, 11) is -4.28. The molecule has 1 amide bonds. The number of hydrogen-bond donors (Lipinski definition) is 3. The molecule has 26 heavy (non-hydrogen) atoms. The van der Waals surface area contributed by atoms with Crippen molar-refractivity contribution >= 4 is 21.8 Å². The van der Waals surface area contributed by atoms with Crippen molar-refractivity contribution in [2.24, 2.45) is 0 Å². The summed E-state index contributed by atoms with van der Waals surface area (Å²) in [6.45, 7) is -0.427. The molecular formula is C15H18F3N3O4S. The Morgan fingerprint density at radius 2 is 2.15 bits per heavy atom. The molecule has 3 N–H and O–H groups in total. The second-order valence-electron chi connectivity index (χ2n) is 6.62. The highest BCUT2D eigenvalue weighted by molar-refractivity contribution is 7.92. The molecule has 1 aliphatic heterocycles. The molecule has 3 rings (SSSR count). The summed E-state index contributed by atoms with van der Waals surface area (Å²) in [4.78, 5) is 11.4. The van der Waals surface area contributed by atoms with Crippen LogP contribution in [0.15, 0.2) is 6.07 Å². The number of nitrogens with zero attached hydrogens (tertiary/aromatic N) is 1. The highest BCUT2D eigenvalue weighted by Crippen LogP contribution is 2.39. The van der Waals surface area contributed by atoms with Crippen LogP contribution in [0.3, 0.4) is 0 Å². The predicted octanol–water partition coefficient (Wildman–Crippen LogP) is 0.814. The normalized spacial score (nSPS) is 22.2. The number of aromatic hydroxyl groups is 1. The molecular weight excluding hydrogens is 375 g/mol. The van der Waals surface area contributed by atoms with E-state index in [1.165, 1.54) is 6.07 Å². The minimum Gasteiger partial charge on any atom is -0.506 e. The van der Waals surface area contributed by atoms with Crippen molar-refractivity contribution in [3.8, 4) is 5.75 Å². The van der Waals surface area contributed by atoms with Crippen molar-refractivity contribution in [3.05, 3.63) is 23.0 Å². The van der Waals surface area contributed by atoms with Crippen LogP contribution < -0.4 is 14.3 Å². The van der Waals surface area contributed by atoms with Crippen LogP contribution in [0, 0.1) is 5.82 Å². The van der Waals surface area contributed by atoms with Gasteiger partial charge in [0.05, 0.1) is 6.54 Å². The van der Waals surface area contributed by atoms with E-state index in [9.17, 15) is 27.1 Å². The first-order valence-electron chi connectivity index (χ1n) is 7.95. The van der Waals surface area contributed by atoms with Gasteiger partial charge in [-0.1, -0.05) is 0 Å². The van der Waals surface area contributed by atoms with Crippen molar-refractivity contribution in [1.82, 2.24) is 10.0 Å². The SMILES string of the molecule is CC(F)(F)CNC1CCc2cc(O)c(N3CC(=O)NS3(=O)=O)c(F)c2C1. The lowest BCUT2D eigenvalue weighted by Crippen LogP contribution is -2.41. The molecule has 0 bridgehead atoms. The molecule has 1 atom stereocenters. The van der Waals surface area contributed by atoms with Gasteiger partial charge in [-0.2, -0.15) is 8.42 Å². The third-order valence-corrected chi connectivity index (χ3v) is 5.77. The topological polar surface area (TPSA) is 98.7 Å². The molecule has 1 aliphatic carbocycles. The molecule has 2 aliphatic rings. The van der Waals surface area contributed by atoms with E-state index in [0.29, 0.717) is 22.7 Å². The minimum absolute atomic E-state index is 0.0692. The first-order chi connectivity index (χ1) is 12.0. The summed E-state index contributed by atoms with van der Waals surface area (Å²) >= 11 is 0. The summed E-state index contributed by atoms with van der Waals surface area (Å²) in [6, 6.07) is 0.853. The molecule has 1 saturated heterocycles. The van der Waals surface area contributed by atoms with E-state index in [-0.39, 0.29) is 12.0 Å². The van der Waals surface area contributed by atoms with Gasteiger partial charge in [-0.15, -0.1) is 0 Å². The molecule has 0 aromatic heterocycles. The Morgan fingerprint density at radius 1 is 1.46 bits per heavy atom. The number of aryl methyl sites for hydroxylation is 1. The number of anilines is 1. The zero-order valence-corrected chi connectivity index (χ0v) is 14.7. The molecule has 1 aromatic carbocycles. The second kappa shape index (κ2) is 6.31. The van der Waals surface area contributed by atoms with Gasteiger partial charge in [0.25, 0.3) is 11.8 Å². The largest absolute Gasteiger partial charge is 0.506 e. The number of amides is 1. The maximum atomic E-state index is 15.0. The van der Waals surface area contributed by atoms with Crippen molar-refractivity contribution in [2.45, 2.75) is 38.2 Å². The summed E-state index contributed by atoms with van der Waals surface area (Å²) in [5.74, 6) is -5.30. The Balaban J connectivity index is 1.93. The van der Waals surface area contributed by atoms with E-state index in [0.717, 1.165) is 6.92 Å². The maximum Gasteiger partial charge on any atom is 0.326 e. The van der Waals surface area contributed by atoms with Gasteiger partial charge in [0.1, 0.15) is 18.0 Å². The second-order valence-corrected chi connectivity index (χ2v) is 8.22. The van der Waals surface area contributed by atoms with Crippen molar-refractivity contribution < 1.29 is 31.5 Å². The lowest BCUT2D eigenvalue weighted by molar-refractivity contribution is -0.117. The molecule has 1 aromatic rings. The van der Waals surface area contributed by atoms with Gasteiger partial charge in [0.15, 0.2) is 5.82 Å². The number of phenolic OH excluding ortho intramolecular Hbond substituents is 1. The van der Waals surface area contributed by atoms with Gasteiger partial charge in [-0.25, -0.2) is 22.2 Å². The van der Waals surface area contributed by atoms with E-state index < -0.39 is 58.4 Å². The number of alkyl halides is 2. The van der Waals surface area contributed by atoms with Crippen molar-refractivity contribution in [3.63, 3.8) is 0 Å². The molecule has 0 saturated carbocycles. The number of carbonyl (C=O) groups is 1. The fraction of sp³-hybridized carbons (Fsp3) is 0.533. The Hall–Kier alpha value is -2.01. The Morgan fingerprint density at radius 3 is 2.73 bits per heavy atom. The smallest absolute Gasteiger partial charge is 0.326 e. The number of nitrogens with one attached hydrogen (secondary N) is 2. The molecule has 1 unspecified atom stereocenters. The van der Waals surface area contributed by atoms with Gasteiger partial charge in [0.2, 0.25) is 0 Å². The van der Waals surface area contributed by atoms with Crippen LogP contribution in [0.1, 0.15) is 24.5 Å². The van der Waals surface area contributed by atoms with E-state index in [1.807, 2.05) is 0 Å². The molecule has 11 heteroatoms. The van der Waals surface area contributed by atoms with Crippen LogP contribution >= 0.6 is 0 Å². The molecule has 1 fully saturated rings. The summed E-state index contributed by atoms with van der Waals surface area (Å²) < 4.78 is 67.1. The highest BCUT2D eigenvalue weighted by atomic mass is 32.2. The quantitative estimate of drug-likeness (QED) is 0.703. The van der Waals surface area contributed by atoms with E-state index in [1.54, 1.807) is 4.72 Å². The molecule has 7 nitrogen and oxygen atoms in total. The number of halogens is 3. The van der Waals surface area contributed by atoms with Gasteiger partial charge >= 0.3 is 10.2 Å². The van der Waals surface area contributed by atoms with Gasteiger partial charge in [-0.3, -0.25) is 4.79 Å². The van der Waals surface area contributed by atoms with Gasteiger partial charge in [-0.05, 0) is 36.5 Å². The Bertz CT molecular complexity index is 855. The van der Waals surface area contributed by atoms with Crippen LogP contribution in [-0.4, -0.2) is 44.5 Å². The van der Waals surface area contributed by atoms with Crippen LogP contribution in [0.25, 0.3) is 0 Å². The number of carbonyl (C=O) groups excluding carboxylic acids is 1. The van der Waals surface area contributed by atoms with Gasteiger partial charge < -0.3 is 10.4 Å². The Labute approximate surface area is 148 Å². The number of phenols is 1. The first-order valence-corrected chi connectivity index (χ1v) is 9.39. The summed E-state index contributed by atoms with van der Waals surface area (Å²) in [5, 5.41) is 12.8. The van der Waals surface area contributed by atoms with E-state index in [2.05, 4.69) is 5.32 Å². The third kappa shape index (κ3) is 3.58. The lowest BCUT2D eigenvalue weighted by atomic mass is 9.87. The monoisotopic (exact) mass is 393 g/mol. The highest BCUT2D eigenvalue weighted by Gasteiger charge is 2.39. The number of benzene rings is 1. The molecule has 0 spiro atoms. The lowest BCUT2D eigenvalue weighted by Gasteiger charge is -2.29. The minimum atomic E-state index is -4.28. The molecule has 1 heterocycles. The summed E-state index contributed by atoms with van der Waals surface area (Å²) in [6.07, 6.45) is 0.889. The van der Waals surface area contributed by atoms with E-state index >= 15 is 4.39 Å². The fourth-order valence-corrected chi connectivity index (χ4v) is 4.38. The third-order valence-electron chi connectivity index (χ3n) is 4.40. The van der Waals surface area contributed by atoms with Crippen LogP contribution in [0.4, 0.5) is 18.9 Å².